The summed E-state index contributed by atoms with van der Waals surface area (Å²) in [6, 6.07) is 11.2. The summed E-state index contributed by atoms with van der Waals surface area (Å²) in [5.74, 6) is 0. The van der Waals surface area contributed by atoms with E-state index in [0.29, 0.717) is 0 Å². The molecule has 2 rings (SSSR count). The molecule has 1 fully saturated rings. The van der Waals surface area contributed by atoms with Crippen molar-refractivity contribution in [2.45, 2.75) is 25.3 Å². The SMILES string of the molecule is CN(C)CC1CCCN1CCCNc1ccccc1. The topological polar surface area (TPSA) is 18.5 Å². The molecule has 3 heteroatoms. The summed E-state index contributed by atoms with van der Waals surface area (Å²) in [5, 5.41) is 3.49. The van der Waals surface area contributed by atoms with Gasteiger partial charge in [0.2, 0.25) is 0 Å². The fourth-order valence-electron chi connectivity index (χ4n) is 2.89. The molecule has 3 nitrogen and oxygen atoms in total. The normalized spacial score (nSPS) is 20.1. The lowest BCUT2D eigenvalue weighted by Crippen LogP contribution is -2.38. The molecule has 1 N–H and O–H groups in total. The maximum absolute atomic E-state index is 3.49. The molecule has 0 bridgehead atoms. The van der Waals surface area contributed by atoms with E-state index in [0.717, 1.165) is 12.6 Å². The Morgan fingerprint density at radius 2 is 2.05 bits per heavy atom. The third kappa shape index (κ3) is 4.84. The van der Waals surface area contributed by atoms with E-state index in [1.807, 2.05) is 0 Å². The smallest absolute Gasteiger partial charge is 0.0340 e. The van der Waals surface area contributed by atoms with Crippen LogP contribution in [0.25, 0.3) is 0 Å². The Kier molecular flexibility index (Phi) is 5.67. The van der Waals surface area contributed by atoms with Crippen molar-refractivity contribution in [2.75, 3.05) is 45.6 Å². The molecule has 1 atom stereocenters. The van der Waals surface area contributed by atoms with Gasteiger partial charge in [-0.3, -0.25) is 4.90 Å². The average Bonchev–Trinajstić information content (AvgIpc) is 2.82. The largest absolute Gasteiger partial charge is 0.385 e. The van der Waals surface area contributed by atoms with Gasteiger partial charge in [0.15, 0.2) is 0 Å². The summed E-state index contributed by atoms with van der Waals surface area (Å²) in [5.41, 5.74) is 1.23. The highest BCUT2D eigenvalue weighted by Gasteiger charge is 2.23. The Balaban J connectivity index is 1.65. The van der Waals surface area contributed by atoms with Crippen molar-refractivity contribution in [1.29, 1.82) is 0 Å². The molecule has 0 saturated carbocycles. The number of rotatable bonds is 7. The molecule has 0 aliphatic carbocycles. The van der Waals surface area contributed by atoms with Gasteiger partial charge in [-0.1, -0.05) is 18.2 Å². The molecule has 1 heterocycles. The quantitative estimate of drug-likeness (QED) is 0.761. The minimum atomic E-state index is 0.770. The maximum atomic E-state index is 3.49. The van der Waals surface area contributed by atoms with Crippen LogP contribution in [0.1, 0.15) is 19.3 Å². The van der Waals surface area contributed by atoms with Crippen LogP contribution in [0, 0.1) is 0 Å². The Morgan fingerprint density at radius 1 is 1.26 bits per heavy atom. The van der Waals surface area contributed by atoms with Crippen LogP contribution in [0.5, 0.6) is 0 Å². The van der Waals surface area contributed by atoms with Crippen LogP contribution in [-0.4, -0.2) is 56.1 Å². The minimum absolute atomic E-state index is 0.770. The van der Waals surface area contributed by atoms with E-state index in [2.05, 4.69) is 59.5 Å². The lowest BCUT2D eigenvalue weighted by atomic mass is 10.2. The van der Waals surface area contributed by atoms with Gasteiger partial charge in [0, 0.05) is 31.4 Å². The molecular weight excluding hydrogens is 234 g/mol. The van der Waals surface area contributed by atoms with Crippen LogP contribution in [0.4, 0.5) is 5.69 Å². The first-order chi connectivity index (χ1) is 9.25. The third-order valence-electron chi connectivity index (χ3n) is 3.80. The number of hydrogen-bond donors (Lipinski definition) is 1. The fraction of sp³-hybridized carbons (Fsp3) is 0.625. The average molecular weight is 261 g/mol. The van der Waals surface area contributed by atoms with E-state index in [1.54, 1.807) is 0 Å². The van der Waals surface area contributed by atoms with Crippen LogP contribution < -0.4 is 5.32 Å². The molecule has 0 radical (unpaired) electrons. The van der Waals surface area contributed by atoms with Crippen LogP contribution in [-0.2, 0) is 0 Å². The number of hydrogen-bond acceptors (Lipinski definition) is 3. The van der Waals surface area contributed by atoms with Gasteiger partial charge in [0.25, 0.3) is 0 Å². The molecule has 0 amide bonds. The number of likely N-dealkylation sites (N-methyl/N-ethyl adjacent to an activating group) is 1. The highest BCUT2D eigenvalue weighted by Crippen LogP contribution is 2.17. The molecule has 1 saturated heterocycles. The zero-order valence-corrected chi connectivity index (χ0v) is 12.3. The first-order valence-electron chi connectivity index (χ1n) is 7.43. The first kappa shape index (κ1) is 14.4. The Hall–Kier alpha value is -1.06. The summed E-state index contributed by atoms with van der Waals surface area (Å²) in [6.45, 7) is 4.77. The van der Waals surface area contributed by atoms with Crippen LogP contribution >= 0.6 is 0 Å². The van der Waals surface area contributed by atoms with Crippen LogP contribution in [0.2, 0.25) is 0 Å². The molecule has 0 spiro atoms. The monoisotopic (exact) mass is 261 g/mol. The lowest BCUT2D eigenvalue weighted by Gasteiger charge is -2.27. The predicted octanol–water partition coefficient (Wildman–Crippen LogP) is 2.51. The van der Waals surface area contributed by atoms with E-state index < -0.39 is 0 Å². The summed E-state index contributed by atoms with van der Waals surface area (Å²) in [4.78, 5) is 4.97. The molecule has 1 aromatic rings. The van der Waals surface area contributed by atoms with Crippen molar-refractivity contribution >= 4 is 5.69 Å². The Morgan fingerprint density at radius 3 is 2.79 bits per heavy atom. The van der Waals surface area contributed by atoms with Gasteiger partial charge in [-0.25, -0.2) is 0 Å². The van der Waals surface area contributed by atoms with Gasteiger partial charge in [0.05, 0.1) is 0 Å². The van der Waals surface area contributed by atoms with E-state index >= 15 is 0 Å². The molecule has 0 aromatic heterocycles. The summed E-state index contributed by atoms with van der Waals surface area (Å²) in [6.07, 6.45) is 3.95. The number of para-hydroxylation sites is 1. The van der Waals surface area contributed by atoms with E-state index in [1.165, 1.54) is 44.6 Å². The lowest BCUT2D eigenvalue weighted by molar-refractivity contribution is 0.207. The molecule has 1 unspecified atom stereocenters. The third-order valence-corrected chi connectivity index (χ3v) is 3.80. The van der Waals surface area contributed by atoms with Gasteiger partial charge in [-0.15, -0.1) is 0 Å². The second-order valence-corrected chi connectivity index (χ2v) is 5.74. The first-order valence-corrected chi connectivity index (χ1v) is 7.43. The predicted molar refractivity (Wildman–Crippen MR) is 82.7 cm³/mol. The molecule has 106 valence electrons. The van der Waals surface area contributed by atoms with Gasteiger partial charge < -0.3 is 10.2 Å². The molecular formula is C16H27N3. The van der Waals surface area contributed by atoms with Crippen molar-refractivity contribution in [3.63, 3.8) is 0 Å². The number of nitrogens with one attached hydrogen (secondary N) is 1. The molecule has 1 aliphatic heterocycles. The number of anilines is 1. The fourth-order valence-corrected chi connectivity index (χ4v) is 2.89. The highest BCUT2D eigenvalue weighted by atomic mass is 15.2. The number of nitrogens with zero attached hydrogens (tertiary/aromatic N) is 2. The summed E-state index contributed by atoms with van der Waals surface area (Å²) >= 11 is 0. The zero-order valence-electron chi connectivity index (χ0n) is 12.3. The van der Waals surface area contributed by atoms with Gasteiger partial charge in [0.1, 0.15) is 0 Å². The van der Waals surface area contributed by atoms with Crippen molar-refractivity contribution in [3.8, 4) is 0 Å². The van der Waals surface area contributed by atoms with Gasteiger partial charge in [-0.2, -0.15) is 0 Å². The van der Waals surface area contributed by atoms with E-state index in [9.17, 15) is 0 Å². The van der Waals surface area contributed by atoms with Crippen molar-refractivity contribution in [1.82, 2.24) is 9.80 Å². The Labute approximate surface area is 117 Å². The zero-order chi connectivity index (χ0) is 13.5. The van der Waals surface area contributed by atoms with Crippen LogP contribution in [0.3, 0.4) is 0 Å². The van der Waals surface area contributed by atoms with Crippen LogP contribution in [0.15, 0.2) is 30.3 Å². The maximum Gasteiger partial charge on any atom is 0.0340 e. The van der Waals surface area contributed by atoms with E-state index in [-0.39, 0.29) is 0 Å². The Bertz CT molecular complexity index is 350. The highest BCUT2D eigenvalue weighted by molar-refractivity contribution is 5.42. The minimum Gasteiger partial charge on any atom is -0.385 e. The van der Waals surface area contributed by atoms with Crippen molar-refractivity contribution in [2.24, 2.45) is 0 Å². The molecule has 19 heavy (non-hydrogen) atoms. The number of likely N-dealkylation sites (tertiary alicyclic amines) is 1. The van der Waals surface area contributed by atoms with E-state index in [4.69, 9.17) is 0 Å². The standard InChI is InChI=1S/C16H27N3/c1-18(2)14-16-10-6-12-19(16)13-7-11-17-15-8-4-3-5-9-15/h3-5,8-9,16-17H,6-7,10-14H2,1-2H3. The second-order valence-electron chi connectivity index (χ2n) is 5.74. The number of benzene rings is 1. The van der Waals surface area contributed by atoms with Crippen molar-refractivity contribution < 1.29 is 0 Å². The second kappa shape index (κ2) is 7.51. The summed E-state index contributed by atoms with van der Waals surface area (Å²) in [7, 11) is 4.35. The van der Waals surface area contributed by atoms with Crippen molar-refractivity contribution in [3.05, 3.63) is 30.3 Å². The summed E-state index contributed by atoms with van der Waals surface area (Å²) < 4.78 is 0. The molecule has 1 aromatic carbocycles. The molecule has 1 aliphatic rings. The van der Waals surface area contributed by atoms with Gasteiger partial charge >= 0.3 is 0 Å². The van der Waals surface area contributed by atoms with Gasteiger partial charge in [-0.05, 0) is 52.0 Å².